The molecule has 0 aliphatic rings. The number of halogens is 2. The average Bonchev–Trinajstić information content (AvgIpc) is 3.25. The topological polar surface area (TPSA) is 111 Å². The zero-order valence-corrected chi connectivity index (χ0v) is 19.0. The maximum atomic E-state index is 13.6. The van der Waals surface area contributed by atoms with Gasteiger partial charge in [0.2, 0.25) is 5.82 Å². The molecular formula is C22H25F2N7O2. The Hall–Kier alpha value is -4.02. The Balaban J connectivity index is 0.000000914. The van der Waals surface area contributed by atoms with Crippen molar-refractivity contribution in [3.8, 4) is 11.5 Å². The first kappa shape index (κ1) is 25.2. The van der Waals surface area contributed by atoms with Gasteiger partial charge in [0.1, 0.15) is 29.2 Å². The first-order chi connectivity index (χ1) is 15.9. The quantitative estimate of drug-likeness (QED) is 0.307. The molecule has 1 N–H and O–H groups in total. The lowest BCUT2D eigenvalue weighted by atomic mass is 10.2. The van der Waals surface area contributed by atoms with Crippen molar-refractivity contribution in [3.05, 3.63) is 76.5 Å². The van der Waals surface area contributed by atoms with Crippen molar-refractivity contribution in [3.63, 3.8) is 0 Å². The van der Waals surface area contributed by atoms with E-state index in [0.717, 1.165) is 12.4 Å². The number of hydrogen-bond acceptors (Lipinski definition) is 7. The summed E-state index contributed by atoms with van der Waals surface area (Å²) < 4.78 is 28.2. The molecule has 11 heteroatoms. The van der Waals surface area contributed by atoms with Gasteiger partial charge in [-0.3, -0.25) is 19.5 Å². The van der Waals surface area contributed by atoms with Crippen molar-refractivity contribution in [2.75, 3.05) is 5.32 Å². The molecule has 0 aliphatic heterocycles. The molecule has 0 aliphatic carbocycles. The van der Waals surface area contributed by atoms with Crippen molar-refractivity contribution in [2.24, 2.45) is 0 Å². The van der Waals surface area contributed by atoms with E-state index >= 15 is 0 Å². The van der Waals surface area contributed by atoms with E-state index in [1.165, 1.54) is 41.1 Å². The minimum absolute atomic E-state index is 0.0509. The SMILES string of the molecule is CC.CC.CC(Nc1nc(-c2cnc3ccc(F)cn23)ncc1[N+](=O)[O-])c1ccc(F)cn1. The van der Waals surface area contributed by atoms with Crippen LogP contribution in [-0.2, 0) is 0 Å². The highest BCUT2D eigenvalue weighted by Gasteiger charge is 2.21. The molecule has 0 fully saturated rings. The van der Waals surface area contributed by atoms with Crippen LogP contribution >= 0.6 is 0 Å². The zero-order chi connectivity index (χ0) is 24.5. The minimum Gasteiger partial charge on any atom is -0.356 e. The summed E-state index contributed by atoms with van der Waals surface area (Å²) in [5.74, 6) is -0.899. The van der Waals surface area contributed by atoms with Crippen LogP contribution in [0.4, 0.5) is 20.3 Å². The Kier molecular flexibility index (Phi) is 8.84. The molecule has 33 heavy (non-hydrogen) atoms. The standard InChI is InChI=1S/C18H13F2N7O2.2C2H6/c1-10(13-4-2-11(19)6-21-13)24-18-15(27(28)29)8-23-17(25-18)14-7-22-16-5-3-12(20)9-26(14)16;2*1-2/h2-10H,1H3,(H,23,24,25);2*1-2H3. The van der Waals surface area contributed by atoms with Gasteiger partial charge in [0.05, 0.1) is 29.1 Å². The van der Waals surface area contributed by atoms with Crippen LogP contribution in [0.25, 0.3) is 17.2 Å². The number of nitrogens with one attached hydrogen (secondary N) is 1. The molecule has 0 amide bonds. The van der Waals surface area contributed by atoms with Crippen LogP contribution in [-0.4, -0.2) is 29.3 Å². The number of pyridine rings is 2. The fraction of sp³-hybridized carbons (Fsp3) is 0.273. The summed E-state index contributed by atoms with van der Waals surface area (Å²) in [5.41, 5.74) is 0.965. The Morgan fingerprint density at radius 1 is 0.970 bits per heavy atom. The summed E-state index contributed by atoms with van der Waals surface area (Å²) in [7, 11) is 0. The molecule has 0 bridgehead atoms. The number of fused-ring (bicyclic) bond motifs is 1. The van der Waals surface area contributed by atoms with Gasteiger partial charge < -0.3 is 5.32 Å². The van der Waals surface area contributed by atoms with Gasteiger partial charge in [-0.1, -0.05) is 27.7 Å². The van der Waals surface area contributed by atoms with E-state index in [9.17, 15) is 18.9 Å². The van der Waals surface area contributed by atoms with Crippen LogP contribution in [0.5, 0.6) is 0 Å². The number of hydrogen-bond donors (Lipinski definition) is 1. The third-order valence-corrected chi connectivity index (χ3v) is 4.21. The molecule has 0 saturated carbocycles. The van der Waals surface area contributed by atoms with Gasteiger partial charge in [0.15, 0.2) is 5.82 Å². The Labute approximate surface area is 189 Å². The molecule has 0 spiro atoms. The molecule has 1 unspecified atom stereocenters. The van der Waals surface area contributed by atoms with E-state index in [4.69, 9.17) is 0 Å². The van der Waals surface area contributed by atoms with Gasteiger partial charge in [-0.15, -0.1) is 0 Å². The summed E-state index contributed by atoms with van der Waals surface area (Å²) in [6, 6.07) is 4.97. The Morgan fingerprint density at radius 2 is 1.67 bits per heavy atom. The number of nitro groups is 1. The Bertz CT molecular complexity index is 1210. The van der Waals surface area contributed by atoms with Crippen molar-refractivity contribution in [1.29, 1.82) is 0 Å². The van der Waals surface area contributed by atoms with Crippen LogP contribution in [0.2, 0.25) is 0 Å². The van der Waals surface area contributed by atoms with Gasteiger partial charge in [-0.2, -0.15) is 0 Å². The summed E-state index contributed by atoms with van der Waals surface area (Å²) in [6.07, 6.45) is 4.79. The minimum atomic E-state index is -0.620. The third kappa shape index (κ3) is 5.82. The van der Waals surface area contributed by atoms with E-state index in [2.05, 4.69) is 25.3 Å². The van der Waals surface area contributed by atoms with Crippen molar-refractivity contribution in [2.45, 2.75) is 40.7 Å². The van der Waals surface area contributed by atoms with E-state index in [0.29, 0.717) is 17.0 Å². The highest BCUT2D eigenvalue weighted by Crippen LogP contribution is 2.28. The monoisotopic (exact) mass is 457 g/mol. The summed E-state index contributed by atoms with van der Waals surface area (Å²) >= 11 is 0. The largest absolute Gasteiger partial charge is 0.356 e. The third-order valence-electron chi connectivity index (χ3n) is 4.21. The van der Waals surface area contributed by atoms with Crippen LogP contribution in [0.15, 0.2) is 49.1 Å². The lowest BCUT2D eigenvalue weighted by Gasteiger charge is -2.14. The van der Waals surface area contributed by atoms with E-state index in [-0.39, 0.29) is 17.3 Å². The highest BCUT2D eigenvalue weighted by molar-refractivity contribution is 5.63. The fourth-order valence-corrected chi connectivity index (χ4v) is 2.78. The second kappa shape index (κ2) is 11.6. The molecule has 4 aromatic heterocycles. The molecule has 1 atom stereocenters. The first-order valence-electron chi connectivity index (χ1n) is 10.4. The number of anilines is 1. The van der Waals surface area contributed by atoms with Crippen molar-refractivity contribution >= 4 is 17.2 Å². The van der Waals surface area contributed by atoms with E-state index < -0.39 is 22.6 Å². The lowest BCUT2D eigenvalue weighted by molar-refractivity contribution is -0.384. The maximum Gasteiger partial charge on any atom is 0.329 e. The molecule has 4 heterocycles. The summed E-state index contributed by atoms with van der Waals surface area (Å²) in [4.78, 5) is 27.2. The average molecular weight is 457 g/mol. The summed E-state index contributed by atoms with van der Waals surface area (Å²) in [6.45, 7) is 9.70. The number of imidazole rings is 1. The van der Waals surface area contributed by atoms with Crippen LogP contribution < -0.4 is 5.32 Å². The van der Waals surface area contributed by atoms with E-state index in [1.807, 2.05) is 27.7 Å². The van der Waals surface area contributed by atoms with Crippen molar-refractivity contribution < 1.29 is 13.7 Å². The molecule has 9 nitrogen and oxygen atoms in total. The normalized spacial score (nSPS) is 11.0. The zero-order valence-electron chi connectivity index (χ0n) is 19.0. The summed E-state index contributed by atoms with van der Waals surface area (Å²) in [5, 5.41) is 14.3. The van der Waals surface area contributed by atoms with E-state index in [1.54, 1.807) is 6.92 Å². The molecule has 0 radical (unpaired) electrons. The number of nitrogens with zero attached hydrogens (tertiary/aromatic N) is 6. The first-order valence-corrected chi connectivity index (χ1v) is 10.4. The molecule has 0 aromatic carbocycles. The second-order valence-electron chi connectivity index (χ2n) is 6.17. The van der Waals surface area contributed by atoms with Crippen molar-refractivity contribution in [1.82, 2.24) is 24.3 Å². The smallest absolute Gasteiger partial charge is 0.329 e. The maximum absolute atomic E-state index is 13.6. The highest BCUT2D eigenvalue weighted by atomic mass is 19.1. The predicted octanol–water partition coefficient (Wildman–Crippen LogP) is 5.60. The lowest BCUT2D eigenvalue weighted by Crippen LogP contribution is -2.12. The fourth-order valence-electron chi connectivity index (χ4n) is 2.78. The number of rotatable bonds is 5. The second-order valence-corrected chi connectivity index (χ2v) is 6.17. The van der Waals surface area contributed by atoms with Crippen LogP contribution in [0, 0.1) is 21.7 Å². The van der Waals surface area contributed by atoms with Gasteiger partial charge >= 0.3 is 5.69 Å². The van der Waals surface area contributed by atoms with Gasteiger partial charge in [0, 0.05) is 6.20 Å². The predicted molar refractivity (Wildman–Crippen MR) is 122 cm³/mol. The van der Waals surface area contributed by atoms with Gasteiger partial charge in [-0.25, -0.2) is 23.7 Å². The van der Waals surface area contributed by atoms with Gasteiger partial charge in [0.25, 0.3) is 0 Å². The molecule has 174 valence electrons. The van der Waals surface area contributed by atoms with Gasteiger partial charge in [-0.05, 0) is 31.2 Å². The molecule has 4 rings (SSSR count). The van der Waals surface area contributed by atoms with Crippen LogP contribution in [0.1, 0.15) is 46.4 Å². The molecular weight excluding hydrogens is 432 g/mol. The van der Waals surface area contributed by atoms with Crippen LogP contribution in [0.3, 0.4) is 0 Å². The number of aromatic nitrogens is 5. The molecule has 0 saturated heterocycles. The Morgan fingerprint density at radius 3 is 2.30 bits per heavy atom. The molecule has 4 aromatic rings.